The number of amides is 1. The first-order chi connectivity index (χ1) is 8.70. The number of ether oxygens (including phenoxy) is 1. The first kappa shape index (κ1) is 14.5. The van der Waals surface area contributed by atoms with Crippen molar-refractivity contribution in [2.75, 3.05) is 13.2 Å². The Balaban J connectivity index is 2.47. The first-order valence-corrected chi connectivity index (χ1v) is 6.38. The van der Waals surface area contributed by atoms with Crippen LogP contribution in [0.3, 0.4) is 0 Å². The van der Waals surface area contributed by atoms with Crippen LogP contribution in [0.25, 0.3) is 0 Å². The SMILES string of the molecule is C=CCCCC(=O)N1CCC[C@H]1C(=O)OCC=C. The van der Waals surface area contributed by atoms with Crippen LogP contribution in [0.4, 0.5) is 0 Å². The van der Waals surface area contributed by atoms with E-state index in [2.05, 4.69) is 13.2 Å². The molecule has 0 N–H and O–H groups in total. The highest BCUT2D eigenvalue weighted by molar-refractivity contribution is 5.85. The normalized spacial score (nSPS) is 18.4. The van der Waals surface area contributed by atoms with E-state index in [1.807, 2.05) is 0 Å². The second kappa shape index (κ2) is 7.69. The Hall–Kier alpha value is -1.58. The van der Waals surface area contributed by atoms with Crippen LogP contribution in [-0.4, -0.2) is 36.0 Å². The van der Waals surface area contributed by atoms with Crippen LogP contribution in [0.2, 0.25) is 0 Å². The Labute approximate surface area is 108 Å². The molecular weight excluding hydrogens is 230 g/mol. The van der Waals surface area contributed by atoms with E-state index in [1.54, 1.807) is 11.0 Å². The molecule has 0 aromatic rings. The Morgan fingerprint density at radius 1 is 1.33 bits per heavy atom. The van der Waals surface area contributed by atoms with Gasteiger partial charge in [-0.15, -0.1) is 6.58 Å². The lowest BCUT2D eigenvalue weighted by Gasteiger charge is -2.23. The van der Waals surface area contributed by atoms with E-state index in [4.69, 9.17) is 4.74 Å². The Kier molecular flexibility index (Phi) is 6.19. The first-order valence-electron chi connectivity index (χ1n) is 6.38. The smallest absolute Gasteiger partial charge is 0.329 e. The minimum absolute atomic E-state index is 0.0369. The second-order valence-corrected chi connectivity index (χ2v) is 4.34. The molecule has 0 saturated carbocycles. The molecule has 100 valence electrons. The molecule has 1 saturated heterocycles. The predicted octanol–water partition coefficient (Wildman–Crippen LogP) is 2.06. The van der Waals surface area contributed by atoms with Crippen molar-refractivity contribution in [3.63, 3.8) is 0 Å². The second-order valence-electron chi connectivity index (χ2n) is 4.34. The average Bonchev–Trinajstić information content (AvgIpc) is 2.85. The minimum atomic E-state index is -0.402. The number of hydrogen-bond donors (Lipinski definition) is 0. The van der Waals surface area contributed by atoms with Crippen LogP contribution in [0, 0.1) is 0 Å². The number of likely N-dealkylation sites (tertiary alicyclic amines) is 1. The van der Waals surface area contributed by atoms with Gasteiger partial charge in [0.25, 0.3) is 0 Å². The molecule has 1 atom stereocenters. The third-order valence-corrected chi connectivity index (χ3v) is 2.99. The van der Waals surface area contributed by atoms with Gasteiger partial charge in [-0.05, 0) is 25.7 Å². The largest absolute Gasteiger partial charge is 0.460 e. The van der Waals surface area contributed by atoms with Gasteiger partial charge in [0, 0.05) is 13.0 Å². The average molecular weight is 251 g/mol. The molecule has 1 aliphatic rings. The summed E-state index contributed by atoms with van der Waals surface area (Å²) < 4.78 is 5.01. The summed E-state index contributed by atoms with van der Waals surface area (Å²) in [5, 5.41) is 0. The maximum Gasteiger partial charge on any atom is 0.329 e. The summed E-state index contributed by atoms with van der Waals surface area (Å²) in [7, 11) is 0. The van der Waals surface area contributed by atoms with Gasteiger partial charge in [-0.2, -0.15) is 0 Å². The minimum Gasteiger partial charge on any atom is -0.460 e. The van der Waals surface area contributed by atoms with E-state index >= 15 is 0 Å². The molecule has 0 aliphatic carbocycles. The lowest BCUT2D eigenvalue weighted by atomic mass is 10.2. The molecule has 0 aromatic carbocycles. The summed E-state index contributed by atoms with van der Waals surface area (Å²) in [6, 6.07) is -0.402. The van der Waals surface area contributed by atoms with Gasteiger partial charge < -0.3 is 9.64 Å². The van der Waals surface area contributed by atoms with Crippen LogP contribution >= 0.6 is 0 Å². The number of nitrogens with zero attached hydrogens (tertiary/aromatic N) is 1. The number of allylic oxidation sites excluding steroid dienone is 1. The Morgan fingerprint density at radius 2 is 2.11 bits per heavy atom. The number of hydrogen-bond acceptors (Lipinski definition) is 3. The zero-order valence-electron chi connectivity index (χ0n) is 10.8. The lowest BCUT2D eigenvalue weighted by Crippen LogP contribution is -2.41. The lowest BCUT2D eigenvalue weighted by molar-refractivity contribution is -0.152. The molecule has 0 bridgehead atoms. The van der Waals surface area contributed by atoms with Crippen LogP contribution in [0.15, 0.2) is 25.3 Å². The quantitative estimate of drug-likeness (QED) is 0.395. The van der Waals surface area contributed by atoms with Crippen molar-refractivity contribution in [3.8, 4) is 0 Å². The molecule has 1 heterocycles. The van der Waals surface area contributed by atoms with Crippen molar-refractivity contribution in [1.82, 2.24) is 4.90 Å². The maximum absolute atomic E-state index is 12.0. The van der Waals surface area contributed by atoms with Crippen LogP contribution in [-0.2, 0) is 14.3 Å². The van der Waals surface area contributed by atoms with Crippen LogP contribution in [0.5, 0.6) is 0 Å². The molecule has 0 spiro atoms. The standard InChI is InChI=1S/C14H21NO3/c1-3-5-6-9-13(16)15-10-7-8-12(15)14(17)18-11-4-2/h3-4,12H,1-2,5-11H2/t12-/m0/s1. The fourth-order valence-corrected chi connectivity index (χ4v) is 2.09. The van der Waals surface area contributed by atoms with Gasteiger partial charge >= 0.3 is 5.97 Å². The van der Waals surface area contributed by atoms with Gasteiger partial charge in [-0.25, -0.2) is 4.79 Å². The molecular formula is C14H21NO3. The van der Waals surface area contributed by atoms with E-state index in [9.17, 15) is 9.59 Å². The number of rotatable bonds is 7. The van der Waals surface area contributed by atoms with E-state index < -0.39 is 6.04 Å². The number of carbonyl (C=O) groups excluding carboxylic acids is 2. The van der Waals surface area contributed by atoms with Crippen molar-refractivity contribution in [3.05, 3.63) is 25.3 Å². The molecule has 4 heteroatoms. The van der Waals surface area contributed by atoms with E-state index in [0.717, 1.165) is 19.3 Å². The zero-order valence-corrected chi connectivity index (χ0v) is 10.8. The van der Waals surface area contributed by atoms with Crippen molar-refractivity contribution in [1.29, 1.82) is 0 Å². The highest BCUT2D eigenvalue weighted by Gasteiger charge is 2.34. The molecule has 1 rings (SSSR count). The number of esters is 1. The summed E-state index contributed by atoms with van der Waals surface area (Å²) in [6.07, 6.45) is 6.97. The van der Waals surface area contributed by atoms with Gasteiger partial charge in [-0.3, -0.25) is 4.79 Å². The molecule has 4 nitrogen and oxygen atoms in total. The van der Waals surface area contributed by atoms with Crippen molar-refractivity contribution in [2.45, 2.75) is 38.1 Å². The summed E-state index contributed by atoms with van der Waals surface area (Å²) in [5.74, 6) is -0.278. The highest BCUT2D eigenvalue weighted by Crippen LogP contribution is 2.20. The van der Waals surface area contributed by atoms with Gasteiger partial charge in [0.05, 0.1) is 0 Å². The van der Waals surface area contributed by atoms with E-state index in [1.165, 1.54) is 6.08 Å². The highest BCUT2D eigenvalue weighted by atomic mass is 16.5. The summed E-state index contributed by atoms with van der Waals surface area (Å²) in [5.41, 5.74) is 0. The predicted molar refractivity (Wildman–Crippen MR) is 69.9 cm³/mol. The third kappa shape index (κ3) is 4.02. The van der Waals surface area contributed by atoms with Crippen molar-refractivity contribution in [2.24, 2.45) is 0 Å². The molecule has 1 aliphatic heterocycles. The fourth-order valence-electron chi connectivity index (χ4n) is 2.09. The monoisotopic (exact) mass is 251 g/mol. The molecule has 0 radical (unpaired) electrons. The maximum atomic E-state index is 12.0. The van der Waals surface area contributed by atoms with E-state index in [-0.39, 0.29) is 18.5 Å². The summed E-state index contributed by atoms with van der Waals surface area (Å²) >= 11 is 0. The number of carbonyl (C=O) groups is 2. The van der Waals surface area contributed by atoms with Crippen molar-refractivity contribution >= 4 is 11.9 Å². The molecule has 1 fully saturated rings. The molecule has 0 aromatic heterocycles. The van der Waals surface area contributed by atoms with Gasteiger partial charge in [0.15, 0.2) is 0 Å². The topological polar surface area (TPSA) is 46.6 Å². The zero-order chi connectivity index (χ0) is 13.4. The Bertz CT molecular complexity index is 325. The van der Waals surface area contributed by atoms with Gasteiger partial charge in [0.2, 0.25) is 5.91 Å². The summed E-state index contributed by atoms with van der Waals surface area (Å²) in [6.45, 7) is 7.98. The summed E-state index contributed by atoms with van der Waals surface area (Å²) in [4.78, 5) is 25.4. The van der Waals surface area contributed by atoms with Crippen LogP contribution < -0.4 is 0 Å². The fraction of sp³-hybridized carbons (Fsp3) is 0.571. The molecule has 0 unspecified atom stereocenters. The van der Waals surface area contributed by atoms with Crippen molar-refractivity contribution < 1.29 is 14.3 Å². The van der Waals surface area contributed by atoms with E-state index in [0.29, 0.717) is 19.4 Å². The molecule has 18 heavy (non-hydrogen) atoms. The van der Waals surface area contributed by atoms with Gasteiger partial charge in [-0.1, -0.05) is 18.7 Å². The number of unbranched alkanes of at least 4 members (excludes halogenated alkanes) is 1. The van der Waals surface area contributed by atoms with Crippen LogP contribution in [0.1, 0.15) is 32.1 Å². The van der Waals surface area contributed by atoms with Gasteiger partial charge in [0.1, 0.15) is 12.6 Å². The molecule has 1 amide bonds. The Morgan fingerprint density at radius 3 is 2.78 bits per heavy atom. The third-order valence-electron chi connectivity index (χ3n) is 2.99.